The van der Waals surface area contributed by atoms with Crippen LogP contribution in [0.25, 0.3) is 5.69 Å². The summed E-state index contributed by atoms with van der Waals surface area (Å²) in [6, 6.07) is 8.06. The maximum atomic E-state index is 6.37. The number of halogens is 1. The van der Waals surface area contributed by atoms with Gasteiger partial charge in [-0.2, -0.15) is 5.10 Å². The fraction of sp³-hybridized carbons (Fsp3) is 0.400. The highest BCUT2D eigenvalue weighted by molar-refractivity contribution is 6.32. The first-order valence-electron chi connectivity index (χ1n) is 6.65. The number of hydrogen-bond acceptors (Lipinski definition) is 2. The van der Waals surface area contributed by atoms with E-state index in [0.717, 1.165) is 41.6 Å². The summed E-state index contributed by atoms with van der Waals surface area (Å²) in [5.41, 5.74) is 4.26. The average molecular weight is 278 g/mol. The molecule has 0 fully saturated rings. The quantitative estimate of drug-likeness (QED) is 0.846. The van der Waals surface area contributed by atoms with Gasteiger partial charge in [0.2, 0.25) is 0 Å². The van der Waals surface area contributed by atoms with Crippen LogP contribution in [0.2, 0.25) is 5.02 Å². The lowest BCUT2D eigenvalue weighted by atomic mass is 10.1. The molecule has 2 aromatic rings. The molecule has 3 nitrogen and oxygen atoms in total. The summed E-state index contributed by atoms with van der Waals surface area (Å²) in [4.78, 5) is 0. The molecule has 1 heterocycles. The number of aromatic nitrogens is 2. The van der Waals surface area contributed by atoms with E-state index in [2.05, 4.69) is 29.5 Å². The maximum absolute atomic E-state index is 6.37. The van der Waals surface area contributed by atoms with Crippen LogP contribution >= 0.6 is 11.6 Å². The predicted molar refractivity (Wildman–Crippen MR) is 80.0 cm³/mol. The lowest BCUT2D eigenvalue weighted by molar-refractivity contribution is 0.669. The molecule has 0 aliphatic heterocycles. The van der Waals surface area contributed by atoms with Gasteiger partial charge in [0.25, 0.3) is 0 Å². The van der Waals surface area contributed by atoms with Crippen LogP contribution in [0.5, 0.6) is 0 Å². The van der Waals surface area contributed by atoms with Crippen LogP contribution in [0.4, 0.5) is 0 Å². The summed E-state index contributed by atoms with van der Waals surface area (Å²) in [6.45, 7) is 8.01. The molecular weight excluding hydrogens is 258 g/mol. The van der Waals surface area contributed by atoms with Crippen molar-refractivity contribution in [2.45, 2.75) is 33.7 Å². The first kappa shape index (κ1) is 14.1. The molecule has 0 amide bonds. The summed E-state index contributed by atoms with van der Waals surface area (Å²) < 4.78 is 1.93. The van der Waals surface area contributed by atoms with Crippen molar-refractivity contribution in [1.82, 2.24) is 15.1 Å². The number of nitrogens with one attached hydrogen (secondary N) is 1. The van der Waals surface area contributed by atoms with Crippen LogP contribution in [0.3, 0.4) is 0 Å². The van der Waals surface area contributed by atoms with Gasteiger partial charge in [-0.1, -0.05) is 30.7 Å². The maximum Gasteiger partial charge on any atom is 0.0879 e. The molecule has 0 saturated heterocycles. The Morgan fingerprint density at radius 1 is 1.32 bits per heavy atom. The van der Waals surface area contributed by atoms with Gasteiger partial charge in [-0.15, -0.1) is 0 Å². The number of aryl methyl sites for hydroxylation is 2. The van der Waals surface area contributed by atoms with Gasteiger partial charge >= 0.3 is 0 Å². The fourth-order valence-corrected chi connectivity index (χ4v) is 2.47. The van der Waals surface area contributed by atoms with E-state index in [0.29, 0.717) is 0 Å². The van der Waals surface area contributed by atoms with E-state index in [4.69, 9.17) is 11.6 Å². The van der Waals surface area contributed by atoms with Crippen molar-refractivity contribution < 1.29 is 0 Å². The number of nitrogens with zero attached hydrogens (tertiary/aromatic N) is 2. The molecule has 102 valence electrons. The van der Waals surface area contributed by atoms with Crippen molar-refractivity contribution in [1.29, 1.82) is 0 Å². The first-order chi connectivity index (χ1) is 9.13. The van der Waals surface area contributed by atoms with Gasteiger partial charge < -0.3 is 5.32 Å². The van der Waals surface area contributed by atoms with Crippen LogP contribution < -0.4 is 5.32 Å². The second-order valence-corrected chi connectivity index (χ2v) is 5.17. The van der Waals surface area contributed by atoms with Gasteiger partial charge in [0.15, 0.2) is 0 Å². The van der Waals surface area contributed by atoms with Gasteiger partial charge in [0.05, 0.1) is 16.4 Å². The Morgan fingerprint density at radius 3 is 2.74 bits per heavy atom. The Morgan fingerprint density at radius 2 is 2.11 bits per heavy atom. The smallest absolute Gasteiger partial charge is 0.0879 e. The van der Waals surface area contributed by atoms with Gasteiger partial charge in [0.1, 0.15) is 0 Å². The second-order valence-electron chi connectivity index (χ2n) is 4.76. The van der Waals surface area contributed by atoms with Crippen molar-refractivity contribution in [3.05, 3.63) is 46.2 Å². The first-order valence-corrected chi connectivity index (χ1v) is 7.03. The molecule has 0 aliphatic rings. The third-order valence-electron chi connectivity index (χ3n) is 3.03. The highest BCUT2D eigenvalue weighted by Gasteiger charge is 2.12. The molecule has 0 saturated carbocycles. The van der Waals surface area contributed by atoms with E-state index >= 15 is 0 Å². The molecule has 0 radical (unpaired) electrons. The summed E-state index contributed by atoms with van der Waals surface area (Å²) in [5, 5.41) is 8.69. The van der Waals surface area contributed by atoms with Crippen LogP contribution in [0, 0.1) is 13.8 Å². The molecule has 0 unspecified atom stereocenters. The molecule has 1 N–H and O–H groups in total. The van der Waals surface area contributed by atoms with Gasteiger partial charge in [0, 0.05) is 12.2 Å². The third kappa shape index (κ3) is 3.17. The highest BCUT2D eigenvalue weighted by atomic mass is 35.5. The molecule has 0 atom stereocenters. The minimum absolute atomic E-state index is 0.738. The van der Waals surface area contributed by atoms with Crippen LogP contribution in [0.15, 0.2) is 24.3 Å². The van der Waals surface area contributed by atoms with Gasteiger partial charge in [-0.25, -0.2) is 4.68 Å². The van der Waals surface area contributed by atoms with Crippen molar-refractivity contribution in [2.75, 3.05) is 6.54 Å². The SMILES string of the molecule is CCCNCc1cccc(Cl)c1-n1nc(C)cc1C. The van der Waals surface area contributed by atoms with Crippen molar-refractivity contribution in [3.8, 4) is 5.69 Å². The van der Waals surface area contributed by atoms with Crippen LogP contribution in [-0.4, -0.2) is 16.3 Å². The minimum Gasteiger partial charge on any atom is -0.313 e. The Bertz CT molecular complexity index is 561. The number of para-hydroxylation sites is 1. The van der Waals surface area contributed by atoms with Crippen LogP contribution in [0.1, 0.15) is 30.3 Å². The Balaban J connectivity index is 2.40. The molecule has 2 rings (SSSR count). The predicted octanol–water partition coefficient (Wildman–Crippen LogP) is 3.64. The zero-order valence-corrected chi connectivity index (χ0v) is 12.5. The van der Waals surface area contributed by atoms with E-state index in [1.807, 2.05) is 30.7 Å². The van der Waals surface area contributed by atoms with Gasteiger partial charge in [-0.3, -0.25) is 0 Å². The number of rotatable bonds is 5. The van der Waals surface area contributed by atoms with Crippen molar-refractivity contribution in [2.24, 2.45) is 0 Å². The summed E-state index contributed by atoms with van der Waals surface area (Å²) >= 11 is 6.37. The monoisotopic (exact) mass is 277 g/mol. The summed E-state index contributed by atoms with van der Waals surface area (Å²) in [6.07, 6.45) is 1.12. The fourth-order valence-electron chi connectivity index (χ4n) is 2.19. The lowest BCUT2D eigenvalue weighted by Crippen LogP contribution is -2.16. The Hall–Kier alpha value is -1.32. The molecule has 0 bridgehead atoms. The van der Waals surface area contributed by atoms with E-state index in [9.17, 15) is 0 Å². The zero-order valence-electron chi connectivity index (χ0n) is 11.7. The highest BCUT2D eigenvalue weighted by Crippen LogP contribution is 2.25. The summed E-state index contributed by atoms with van der Waals surface area (Å²) in [5.74, 6) is 0. The third-order valence-corrected chi connectivity index (χ3v) is 3.34. The molecule has 4 heteroatoms. The van der Waals surface area contributed by atoms with Gasteiger partial charge in [-0.05, 0) is 44.5 Å². The van der Waals surface area contributed by atoms with Crippen molar-refractivity contribution >= 4 is 11.6 Å². The minimum atomic E-state index is 0.738. The van der Waals surface area contributed by atoms with Crippen molar-refractivity contribution in [3.63, 3.8) is 0 Å². The molecule has 0 aliphatic carbocycles. The zero-order chi connectivity index (χ0) is 13.8. The number of hydrogen-bond donors (Lipinski definition) is 1. The molecule has 0 spiro atoms. The molecule has 1 aromatic heterocycles. The van der Waals surface area contributed by atoms with E-state index < -0.39 is 0 Å². The molecular formula is C15H20ClN3. The average Bonchev–Trinajstić information content (AvgIpc) is 2.69. The van der Waals surface area contributed by atoms with E-state index in [1.54, 1.807) is 0 Å². The normalized spacial score (nSPS) is 10.9. The van der Waals surface area contributed by atoms with E-state index in [-0.39, 0.29) is 0 Å². The molecule has 19 heavy (non-hydrogen) atoms. The second kappa shape index (κ2) is 6.22. The Labute approximate surface area is 119 Å². The Kier molecular flexibility index (Phi) is 4.61. The largest absolute Gasteiger partial charge is 0.313 e. The van der Waals surface area contributed by atoms with E-state index in [1.165, 1.54) is 5.56 Å². The summed E-state index contributed by atoms with van der Waals surface area (Å²) in [7, 11) is 0. The number of benzene rings is 1. The standard InChI is InChI=1S/C15H20ClN3/c1-4-8-17-10-13-6-5-7-14(16)15(13)19-12(3)9-11(2)18-19/h5-7,9,17H,4,8,10H2,1-3H3. The molecule has 1 aromatic carbocycles. The lowest BCUT2D eigenvalue weighted by Gasteiger charge is -2.13. The van der Waals surface area contributed by atoms with Crippen LogP contribution in [-0.2, 0) is 6.54 Å². The topological polar surface area (TPSA) is 29.9 Å².